The first-order chi connectivity index (χ1) is 7.99. The zero-order valence-corrected chi connectivity index (χ0v) is 11.2. The van der Waals surface area contributed by atoms with Gasteiger partial charge in [0.15, 0.2) is 0 Å². The predicted octanol–water partition coefficient (Wildman–Crippen LogP) is 5.07. The van der Waals surface area contributed by atoms with E-state index in [1.54, 1.807) is 6.07 Å². The Hall–Kier alpha value is -0.670. The fourth-order valence-corrected chi connectivity index (χ4v) is 2.31. The van der Waals surface area contributed by atoms with Crippen LogP contribution in [0.3, 0.4) is 0 Å². The van der Waals surface area contributed by atoms with Crippen LogP contribution in [0.25, 0.3) is 11.3 Å². The van der Waals surface area contributed by atoms with Gasteiger partial charge in [0.25, 0.3) is 0 Å². The molecule has 88 valence electrons. The fraction of sp³-hybridized carbons (Fsp3) is 0. The van der Waals surface area contributed by atoms with Crippen molar-refractivity contribution in [1.29, 1.82) is 0 Å². The molecule has 0 aliphatic rings. The summed E-state index contributed by atoms with van der Waals surface area (Å²) >= 11 is 23.8. The molecule has 0 spiro atoms. The smallest absolute Gasteiger partial charge is 0.135 e. The molecule has 0 saturated carbocycles. The number of halogens is 4. The van der Waals surface area contributed by atoms with Gasteiger partial charge in [-0.25, -0.2) is 0 Å². The van der Waals surface area contributed by atoms with E-state index in [0.29, 0.717) is 26.3 Å². The van der Waals surface area contributed by atoms with Gasteiger partial charge in [-0.3, -0.25) is 4.98 Å². The predicted molar refractivity (Wildman–Crippen MR) is 71.4 cm³/mol. The lowest BCUT2D eigenvalue weighted by Gasteiger charge is -2.08. The third kappa shape index (κ3) is 2.61. The normalized spacial score (nSPS) is 10.6. The summed E-state index contributed by atoms with van der Waals surface area (Å²) in [7, 11) is 0. The van der Waals surface area contributed by atoms with E-state index in [2.05, 4.69) is 4.98 Å². The molecule has 0 radical (unpaired) electrons. The van der Waals surface area contributed by atoms with E-state index in [4.69, 9.17) is 46.4 Å². The lowest BCUT2D eigenvalue weighted by atomic mass is 10.1. The van der Waals surface area contributed by atoms with Crippen molar-refractivity contribution >= 4 is 46.4 Å². The Bertz CT molecular complexity index is 586. The molecule has 0 saturated heterocycles. The molecule has 0 bridgehead atoms. The fourth-order valence-electron chi connectivity index (χ4n) is 1.35. The van der Waals surface area contributed by atoms with Gasteiger partial charge in [-0.2, -0.15) is 0 Å². The van der Waals surface area contributed by atoms with Crippen molar-refractivity contribution in [2.24, 2.45) is 0 Å². The number of benzene rings is 1. The van der Waals surface area contributed by atoms with E-state index < -0.39 is 0 Å². The number of hydrogen-bond acceptors (Lipinski definition) is 2. The average molecular weight is 309 g/mol. The van der Waals surface area contributed by atoms with E-state index in [1.807, 2.05) is 0 Å². The van der Waals surface area contributed by atoms with Crippen molar-refractivity contribution in [3.8, 4) is 17.0 Å². The zero-order chi connectivity index (χ0) is 12.6. The van der Waals surface area contributed by atoms with Crippen molar-refractivity contribution in [3.05, 3.63) is 44.5 Å². The van der Waals surface area contributed by atoms with Gasteiger partial charge in [-0.1, -0.05) is 46.4 Å². The Balaban J connectivity index is 2.68. The van der Waals surface area contributed by atoms with Crippen molar-refractivity contribution in [2.45, 2.75) is 0 Å². The number of nitrogens with zero attached hydrogens (tertiary/aromatic N) is 1. The van der Waals surface area contributed by atoms with Gasteiger partial charge in [-0.05, 0) is 12.1 Å². The number of aromatic nitrogens is 1. The summed E-state index contributed by atoms with van der Waals surface area (Å²) in [5.74, 6) is -0.0250. The van der Waals surface area contributed by atoms with Gasteiger partial charge >= 0.3 is 0 Å². The van der Waals surface area contributed by atoms with Crippen LogP contribution in [0.4, 0.5) is 0 Å². The van der Waals surface area contributed by atoms with Gasteiger partial charge in [-0.15, -0.1) is 0 Å². The van der Waals surface area contributed by atoms with Gasteiger partial charge < -0.3 is 5.11 Å². The topological polar surface area (TPSA) is 33.1 Å². The number of rotatable bonds is 1. The third-order valence-electron chi connectivity index (χ3n) is 2.07. The SMILES string of the molecule is Oc1cnc(-c2cc(Cl)cc(Cl)c2Cl)c(Cl)c1. The highest BCUT2D eigenvalue weighted by molar-refractivity contribution is 6.45. The average Bonchev–Trinajstić information content (AvgIpc) is 2.24. The second-order valence-electron chi connectivity index (χ2n) is 3.27. The quantitative estimate of drug-likeness (QED) is 0.746. The lowest BCUT2D eigenvalue weighted by Crippen LogP contribution is -1.87. The molecule has 1 heterocycles. The Morgan fingerprint density at radius 3 is 2.29 bits per heavy atom. The number of hydrogen-bond donors (Lipinski definition) is 1. The standard InChI is InChI=1S/C11H5Cl4NO/c12-5-1-7(10(15)8(13)2-5)11-9(14)3-6(17)4-16-11/h1-4,17H. The van der Waals surface area contributed by atoms with E-state index in [1.165, 1.54) is 18.3 Å². The highest BCUT2D eigenvalue weighted by Gasteiger charge is 2.13. The van der Waals surface area contributed by atoms with E-state index >= 15 is 0 Å². The minimum Gasteiger partial charge on any atom is -0.506 e. The molecule has 0 amide bonds. The molecule has 1 aromatic carbocycles. The van der Waals surface area contributed by atoms with Crippen molar-refractivity contribution in [1.82, 2.24) is 4.98 Å². The molecule has 2 rings (SSSR count). The minimum atomic E-state index is -0.0250. The van der Waals surface area contributed by atoms with Crippen LogP contribution < -0.4 is 0 Å². The van der Waals surface area contributed by atoms with Crippen LogP contribution in [0.2, 0.25) is 20.1 Å². The van der Waals surface area contributed by atoms with Crippen molar-refractivity contribution in [3.63, 3.8) is 0 Å². The minimum absolute atomic E-state index is 0.0250. The molecule has 17 heavy (non-hydrogen) atoms. The molecule has 6 heteroatoms. The Labute approximate surface area is 118 Å². The molecule has 2 nitrogen and oxygen atoms in total. The van der Waals surface area contributed by atoms with E-state index in [-0.39, 0.29) is 10.8 Å². The van der Waals surface area contributed by atoms with Crippen LogP contribution in [-0.4, -0.2) is 10.1 Å². The monoisotopic (exact) mass is 307 g/mol. The van der Waals surface area contributed by atoms with Gasteiger partial charge in [0.1, 0.15) is 5.75 Å². The maximum absolute atomic E-state index is 9.23. The van der Waals surface area contributed by atoms with Crippen molar-refractivity contribution < 1.29 is 5.11 Å². The summed E-state index contributed by atoms with van der Waals surface area (Å²) in [4.78, 5) is 4.01. The molecule has 0 unspecified atom stereocenters. The zero-order valence-electron chi connectivity index (χ0n) is 8.22. The summed E-state index contributed by atoms with van der Waals surface area (Å²) in [6.45, 7) is 0. The summed E-state index contributed by atoms with van der Waals surface area (Å²) in [6, 6.07) is 4.51. The van der Waals surface area contributed by atoms with Gasteiger partial charge in [0.2, 0.25) is 0 Å². The van der Waals surface area contributed by atoms with E-state index in [9.17, 15) is 5.11 Å². The highest BCUT2D eigenvalue weighted by Crippen LogP contribution is 2.38. The number of aromatic hydroxyl groups is 1. The van der Waals surface area contributed by atoms with E-state index in [0.717, 1.165) is 0 Å². The first-order valence-electron chi connectivity index (χ1n) is 4.48. The molecule has 0 fully saturated rings. The van der Waals surface area contributed by atoms with Crippen LogP contribution >= 0.6 is 46.4 Å². The first-order valence-corrected chi connectivity index (χ1v) is 5.99. The summed E-state index contributed by atoms with van der Waals surface area (Å²) < 4.78 is 0. The maximum Gasteiger partial charge on any atom is 0.135 e. The first kappa shape index (κ1) is 12.8. The maximum atomic E-state index is 9.23. The van der Waals surface area contributed by atoms with Crippen LogP contribution in [0.5, 0.6) is 5.75 Å². The molecule has 0 aliphatic carbocycles. The largest absolute Gasteiger partial charge is 0.506 e. The molecule has 1 aromatic heterocycles. The molecule has 0 atom stereocenters. The molecule has 0 aliphatic heterocycles. The summed E-state index contributed by atoms with van der Waals surface area (Å²) in [6.07, 6.45) is 1.27. The molecular weight excluding hydrogens is 304 g/mol. The van der Waals surface area contributed by atoms with Crippen LogP contribution in [0.15, 0.2) is 24.4 Å². The van der Waals surface area contributed by atoms with Crippen LogP contribution in [0.1, 0.15) is 0 Å². The molecular formula is C11H5Cl4NO. The Morgan fingerprint density at radius 2 is 1.65 bits per heavy atom. The van der Waals surface area contributed by atoms with Crippen molar-refractivity contribution in [2.75, 3.05) is 0 Å². The second kappa shape index (κ2) is 4.91. The van der Waals surface area contributed by atoms with Gasteiger partial charge in [0, 0.05) is 16.7 Å². The number of pyridine rings is 1. The Kier molecular flexibility index (Phi) is 3.69. The van der Waals surface area contributed by atoms with Crippen LogP contribution in [0, 0.1) is 0 Å². The molecule has 2 aromatic rings. The summed E-state index contributed by atoms with van der Waals surface area (Å²) in [5, 5.41) is 10.6. The molecule has 1 N–H and O–H groups in total. The summed E-state index contributed by atoms with van der Waals surface area (Å²) in [5.41, 5.74) is 0.938. The highest BCUT2D eigenvalue weighted by atomic mass is 35.5. The third-order valence-corrected chi connectivity index (χ3v) is 3.38. The second-order valence-corrected chi connectivity index (χ2v) is 4.90. The lowest BCUT2D eigenvalue weighted by molar-refractivity contribution is 0.473. The Morgan fingerprint density at radius 1 is 0.941 bits per heavy atom. The van der Waals surface area contributed by atoms with Crippen LogP contribution in [-0.2, 0) is 0 Å². The van der Waals surface area contributed by atoms with Gasteiger partial charge in [0.05, 0.1) is 27.0 Å².